The molecule has 2 nitrogen and oxygen atoms in total. The Morgan fingerprint density at radius 3 is 2.05 bits per heavy atom. The highest BCUT2D eigenvalue weighted by molar-refractivity contribution is 6.15. The minimum atomic E-state index is -0.559. The molecule has 2 heteroatoms. The third kappa shape index (κ3) is 4.24. The zero-order valence-corrected chi connectivity index (χ0v) is 35.9. The molecule has 0 amide bonds. The van der Waals surface area contributed by atoms with Gasteiger partial charge in [-0.05, 0) is 121 Å². The number of hydrogen-bond acceptors (Lipinski definition) is 1. The van der Waals surface area contributed by atoms with Gasteiger partial charge in [0.2, 0.25) is 0 Å². The fourth-order valence-corrected chi connectivity index (χ4v) is 13.6. The number of furan rings is 1. The minimum Gasteiger partial charge on any atom is -0.455 e. The van der Waals surface area contributed by atoms with Crippen molar-refractivity contribution in [2.45, 2.75) is 23.7 Å². The van der Waals surface area contributed by atoms with Crippen LogP contribution in [0, 0.1) is 0 Å². The maximum absolute atomic E-state index is 6.69. The van der Waals surface area contributed by atoms with Crippen molar-refractivity contribution in [3.05, 3.63) is 257 Å². The van der Waals surface area contributed by atoms with Crippen LogP contribution in [0.25, 0.3) is 93.9 Å². The summed E-state index contributed by atoms with van der Waals surface area (Å²) in [7, 11) is 0. The Hall–Kier alpha value is -8.20. The molecule has 3 atom stereocenters. The average Bonchev–Trinajstić information content (AvgIpc) is 4.06. The molecular formula is C64H39NO. The monoisotopic (exact) mass is 837 g/mol. The fourth-order valence-electron chi connectivity index (χ4n) is 13.6. The van der Waals surface area contributed by atoms with E-state index in [4.69, 9.17) is 4.42 Å². The van der Waals surface area contributed by atoms with Gasteiger partial charge in [0.05, 0.1) is 16.4 Å². The molecule has 2 bridgehead atoms. The lowest BCUT2D eigenvalue weighted by Crippen LogP contribution is -2.28. The van der Waals surface area contributed by atoms with Crippen molar-refractivity contribution in [1.82, 2.24) is 4.57 Å². The molecule has 4 aliphatic carbocycles. The Morgan fingerprint density at radius 2 is 1.14 bits per heavy atom. The second-order valence-electron chi connectivity index (χ2n) is 19.0. The number of fused-ring (bicyclic) bond motifs is 15. The van der Waals surface area contributed by atoms with Crippen LogP contribution < -0.4 is 0 Å². The van der Waals surface area contributed by atoms with Crippen molar-refractivity contribution < 1.29 is 4.42 Å². The highest BCUT2D eigenvalue weighted by Gasteiger charge is 2.57. The van der Waals surface area contributed by atoms with Gasteiger partial charge in [-0.25, -0.2) is 0 Å². The molecular weight excluding hydrogens is 799 g/mol. The topological polar surface area (TPSA) is 18.1 Å². The molecule has 2 heterocycles. The lowest BCUT2D eigenvalue weighted by molar-refractivity contribution is 0.604. The minimum absolute atomic E-state index is 0.108. The Bertz CT molecular complexity index is 4090. The van der Waals surface area contributed by atoms with Crippen molar-refractivity contribution in [2.24, 2.45) is 0 Å². The number of nitrogens with zero attached hydrogens (tertiary/aromatic N) is 1. The SMILES string of the molecule is c1ccc(C2Cc3ccc(-c4cccc5c4oc4ccccc45)cc3-c3ccc4c5c3C2c2ccc3c(c2)C5(c2ccccc2-4)c2c-3ccc3c4ccccc4n(-c4ccccc4)c23)cc1. The first-order valence-electron chi connectivity index (χ1n) is 23.4. The Kier molecular flexibility index (Phi) is 6.68. The van der Waals surface area contributed by atoms with Crippen LogP contribution in [0.1, 0.15) is 56.3 Å². The van der Waals surface area contributed by atoms with Crippen LogP contribution in [-0.2, 0) is 11.8 Å². The van der Waals surface area contributed by atoms with E-state index in [1.807, 2.05) is 0 Å². The first-order chi connectivity index (χ1) is 32.8. The van der Waals surface area contributed by atoms with Gasteiger partial charge in [-0.1, -0.05) is 182 Å². The Labute approximate surface area is 381 Å². The molecule has 0 fully saturated rings. The van der Waals surface area contributed by atoms with Gasteiger partial charge < -0.3 is 8.98 Å². The van der Waals surface area contributed by atoms with Crippen molar-refractivity contribution in [1.29, 1.82) is 0 Å². The third-order valence-electron chi connectivity index (χ3n) is 16.1. The van der Waals surface area contributed by atoms with Gasteiger partial charge >= 0.3 is 0 Å². The Balaban J connectivity index is 1.07. The van der Waals surface area contributed by atoms with E-state index in [2.05, 4.69) is 217 Å². The van der Waals surface area contributed by atoms with Crippen LogP contribution in [0.15, 0.2) is 217 Å². The smallest absolute Gasteiger partial charge is 0.143 e. The van der Waals surface area contributed by atoms with Crippen LogP contribution in [-0.4, -0.2) is 4.57 Å². The van der Waals surface area contributed by atoms with E-state index in [0.29, 0.717) is 0 Å². The third-order valence-corrected chi connectivity index (χ3v) is 16.1. The summed E-state index contributed by atoms with van der Waals surface area (Å²) in [6.45, 7) is 0. The summed E-state index contributed by atoms with van der Waals surface area (Å²) < 4.78 is 9.27. The summed E-state index contributed by atoms with van der Waals surface area (Å²) in [6, 6.07) is 80.6. The van der Waals surface area contributed by atoms with Crippen molar-refractivity contribution in [2.75, 3.05) is 0 Å². The van der Waals surface area contributed by atoms with Gasteiger partial charge in [-0.15, -0.1) is 0 Å². The molecule has 0 saturated carbocycles. The first kappa shape index (κ1) is 35.2. The molecule has 2 aromatic heterocycles. The quantitative estimate of drug-likeness (QED) is 0.173. The largest absolute Gasteiger partial charge is 0.455 e. The van der Waals surface area contributed by atoms with Crippen LogP contribution in [0.3, 0.4) is 0 Å². The number of hydrogen-bond donors (Lipinski definition) is 0. The van der Waals surface area contributed by atoms with Crippen LogP contribution in [0.5, 0.6) is 0 Å². The second kappa shape index (κ2) is 12.5. The van der Waals surface area contributed by atoms with Crippen molar-refractivity contribution >= 4 is 43.7 Å². The molecule has 3 unspecified atom stereocenters. The number of para-hydroxylation sites is 4. The number of aromatic nitrogens is 1. The normalized spacial score (nSPS) is 18.0. The molecule has 0 aliphatic heterocycles. The summed E-state index contributed by atoms with van der Waals surface area (Å²) >= 11 is 0. The molecule has 0 N–H and O–H groups in total. The maximum atomic E-state index is 6.69. The summed E-state index contributed by atoms with van der Waals surface area (Å²) in [5, 5.41) is 4.88. The van der Waals surface area contributed by atoms with E-state index < -0.39 is 5.41 Å². The highest BCUT2D eigenvalue weighted by Crippen LogP contribution is 2.69. The van der Waals surface area contributed by atoms with Gasteiger partial charge in [0.1, 0.15) is 11.2 Å². The lowest BCUT2D eigenvalue weighted by Gasteiger charge is -2.34. The molecule has 10 aromatic carbocycles. The summed E-state index contributed by atoms with van der Waals surface area (Å²) in [6.07, 6.45) is 0.919. The molecule has 4 aliphatic rings. The molecule has 306 valence electrons. The Morgan fingerprint density at radius 1 is 0.439 bits per heavy atom. The van der Waals surface area contributed by atoms with Gasteiger partial charge in [-0.3, -0.25) is 0 Å². The van der Waals surface area contributed by atoms with Gasteiger partial charge in [0, 0.05) is 44.3 Å². The van der Waals surface area contributed by atoms with Crippen molar-refractivity contribution in [3.8, 4) is 50.2 Å². The van der Waals surface area contributed by atoms with Crippen LogP contribution in [0.2, 0.25) is 0 Å². The molecule has 66 heavy (non-hydrogen) atoms. The van der Waals surface area contributed by atoms with Gasteiger partial charge in [0.25, 0.3) is 0 Å². The molecule has 0 saturated heterocycles. The van der Waals surface area contributed by atoms with E-state index in [9.17, 15) is 0 Å². The van der Waals surface area contributed by atoms with E-state index in [1.54, 1.807) is 0 Å². The second-order valence-corrected chi connectivity index (χ2v) is 19.0. The lowest BCUT2D eigenvalue weighted by atomic mass is 9.67. The van der Waals surface area contributed by atoms with Crippen molar-refractivity contribution in [3.63, 3.8) is 0 Å². The fraction of sp³-hybridized carbons (Fsp3) is 0.0625. The van der Waals surface area contributed by atoms with Gasteiger partial charge in [0.15, 0.2) is 0 Å². The molecule has 12 aromatic rings. The van der Waals surface area contributed by atoms with Crippen LogP contribution in [0.4, 0.5) is 0 Å². The van der Waals surface area contributed by atoms with E-state index in [1.165, 1.54) is 111 Å². The van der Waals surface area contributed by atoms with E-state index in [0.717, 1.165) is 33.9 Å². The first-order valence-corrected chi connectivity index (χ1v) is 23.4. The predicted molar refractivity (Wildman–Crippen MR) is 270 cm³/mol. The summed E-state index contributed by atoms with van der Waals surface area (Å²) in [5.41, 5.74) is 26.6. The number of rotatable bonds is 3. The summed E-state index contributed by atoms with van der Waals surface area (Å²) in [5.74, 6) is 0.308. The summed E-state index contributed by atoms with van der Waals surface area (Å²) in [4.78, 5) is 0. The molecule has 1 spiro atoms. The zero-order valence-electron chi connectivity index (χ0n) is 35.9. The number of benzene rings is 10. The van der Waals surface area contributed by atoms with E-state index >= 15 is 0 Å². The highest BCUT2D eigenvalue weighted by atomic mass is 16.3. The standard InChI is InChI=1S/C64H39NO/c1-3-14-37(15-4-1)53-35-39-27-26-38(42-21-13-22-51-46-20-9-12-25-57(46)66-63(42)51)34-52(39)47-30-31-48-43-18-7-10-23-54(43)64-55-36-40(58(53)59(47)60(48)64)28-29-44(55)49-32-33-50-45-19-8-11-24-56(45)65(62(50)61(49)64)41-16-5-2-6-17-41/h1-34,36,53,58H,35H2. The zero-order chi connectivity index (χ0) is 42.8. The molecule has 0 radical (unpaired) electrons. The van der Waals surface area contributed by atoms with E-state index in [-0.39, 0.29) is 11.8 Å². The van der Waals surface area contributed by atoms with Gasteiger partial charge in [-0.2, -0.15) is 0 Å². The molecule has 16 rings (SSSR count). The average molecular weight is 838 g/mol. The maximum Gasteiger partial charge on any atom is 0.143 e. The van der Waals surface area contributed by atoms with Crippen LogP contribution >= 0.6 is 0 Å². The predicted octanol–water partition coefficient (Wildman–Crippen LogP) is 16.1.